The first-order valence-electron chi connectivity index (χ1n) is 7.58. The molecule has 2 rings (SSSR count). The molecule has 120 valence electrons. The van der Waals surface area contributed by atoms with Gasteiger partial charge in [0.25, 0.3) is 0 Å². The van der Waals surface area contributed by atoms with Crippen molar-refractivity contribution in [1.29, 1.82) is 5.26 Å². The van der Waals surface area contributed by atoms with Crippen molar-refractivity contribution in [3.05, 3.63) is 29.3 Å². The van der Waals surface area contributed by atoms with Crippen LogP contribution < -0.4 is 10.1 Å². The number of aliphatic hydroxyl groups is 2. The maximum absolute atomic E-state index is 10.7. The SMILES string of the molecule is CC(C)[C@@H](CO)N[C@@H]1c2cc(C#N)ccc2OC(C)(C)[C@H]1O. The Morgan fingerprint density at radius 2 is 2.09 bits per heavy atom. The number of aliphatic hydroxyl groups excluding tert-OH is 2. The zero-order valence-corrected chi connectivity index (χ0v) is 13.5. The normalized spacial score (nSPS) is 24.3. The average Bonchev–Trinajstić information content (AvgIpc) is 2.47. The number of ether oxygens (including phenoxy) is 1. The van der Waals surface area contributed by atoms with Crippen molar-refractivity contribution >= 4 is 0 Å². The van der Waals surface area contributed by atoms with Crippen molar-refractivity contribution in [2.24, 2.45) is 5.92 Å². The fourth-order valence-electron chi connectivity index (χ4n) is 2.74. The summed E-state index contributed by atoms with van der Waals surface area (Å²) in [4.78, 5) is 0. The highest BCUT2D eigenvalue weighted by atomic mass is 16.5. The first-order valence-corrected chi connectivity index (χ1v) is 7.58. The van der Waals surface area contributed by atoms with E-state index in [9.17, 15) is 10.2 Å². The molecular formula is C17H24N2O3. The minimum atomic E-state index is -0.790. The first-order chi connectivity index (χ1) is 10.3. The summed E-state index contributed by atoms with van der Waals surface area (Å²) >= 11 is 0. The number of fused-ring (bicyclic) bond motifs is 1. The lowest BCUT2D eigenvalue weighted by Crippen LogP contribution is -2.55. The van der Waals surface area contributed by atoms with Crippen LogP contribution >= 0.6 is 0 Å². The molecule has 0 aliphatic carbocycles. The number of nitrogens with zero attached hydrogens (tertiary/aromatic N) is 1. The van der Waals surface area contributed by atoms with Gasteiger partial charge in [0.05, 0.1) is 24.3 Å². The maximum Gasteiger partial charge on any atom is 0.131 e. The van der Waals surface area contributed by atoms with Gasteiger partial charge in [0, 0.05) is 11.6 Å². The van der Waals surface area contributed by atoms with Gasteiger partial charge < -0.3 is 20.3 Å². The van der Waals surface area contributed by atoms with Crippen LogP contribution in [0.1, 0.15) is 44.9 Å². The van der Waals surface area contributed by atoms with E-state index in [2.05, 4.69) is 11.4 Å². The van der Waals surface area contributed by atoms with Gasteiger partial charge in [-0.1, -0.05) is 13.8 Å². The highest BCUT2D eigenvalue weighted by molar-refractivity contribution is 5.46. The molecule has 0 fully saturated rings. The Morgan fingerprint density at radius 1 is 1.41 bits per heavy atom. The molecule has 5 heteroatoms. The molecule has 0 saturated heterocycles. The van der Waals surface area contributed by atoms with E-state index in [1.807, 2.05) is 27.7 Å². The van der Waals surface area contributed by atoms with Crippen LogP contribution in [0.25, 0.3) is 0 Å². The predicted octanol–water partition coefficient (Wildman–Crippen LogP) is 1.74. The largest absolute Gasteiger partial charge is 0.485 e. The second-order valence-corrected chi connectivity index (χ2v) is 6.69. The van der Waals surface area contributed by atoms with Crippen molar-refractivity contribution < 1.29 is 14.9 Å². The van der Waals surface area contributed by atoms with Gasteiger partial charge in [0.1, 0.15) is 17.5 Å². The molecule has 1 aliphatic heterocycles. The van der Waals surface area contributed by atoms with Gasteiger partial charge in [-0.25, -0.2) is 0 Å². The zero-order valence-electron chi connectivity index (χ0n) is 13.5. The average molecular weight is 304 g/mol. The van der Waals surface area contributed by atoms with Gasteiger partial charge in [-0.3, -0.25) is 0 Å². The van der Waals surface area contributed by atoms with Crippen molar-refractivity contribution in [3.8, 4) is 11.8 Å². The molecule has 1 heterocycles. The lowest BCUT2D eigenvalue weighted by atomic mass is 9.85. The summed E-state index contributed by atoms with van der Waals surface area (Å²) in [5, 5.41) is 32.7. The number of rotatable bonds is 4. The highest BCUT2D eigenvalue weighted by Crippen LogP contribution is 2.40. The van der Waals surface area contributed by atoms with Crippen LogP contribution in [-0.4, -0.2) is 34.6 Å². The summed E-state index contributed by atoms with van der Waals surface area (Å²) in [7, 11) is 0. The van der Waals surface area contributed by atoms with Gasteiger partial charge in [0.2, 0.25) is 0 Å². The van der Waals surface area contributed by atoms with Crippen LogP contribution in [0.15, 0.2) is 18.2 Å². The molecule has 0 bridgehead atoms. The number of hydrogen-bond acceptors (Lipinski definition) is 5. The lowest BCUT2D eigenvalue weighted by Gasteiger charge is -2.44. The van der Waals surface area contributed by atoms with Crippen molar-refractivity contribution in [2.75, 3.05) is 6.61 Å². The van der Waals surface area contributed by atoms with Crippen molar-refractivity contribution in [1.82, 2.24) is 5.32 Å². The molecule has 0 spiro atoms. The van der Waals surface area contributed by atoms with E-state index in [4.69, 9.17) is 10.00 Å². The van der Waals surface area contributed by atoms with Crippen LogP contribution in [0.5, 0.6) is 5.75 Å². The summed E-state index contributed by atoms with van der Waals surface area (Å²) < 4.78 is 5.88. The van der Waals surface area contributed by atoms with Gasteiger partial charge >= 0.3 is 0 Å². The van der Waals surface area contributed by atoms with Crippen molar-refractivity contribution in [3.63, 3.8) is 0 Å². The molecular weight excluding hydrogens is 280 g/mol. The molecule has 0 amide bonds. The number of benzene rings is 1. The smallest absolute Gasteiger partial charge is 0.131 e. The van der Waals surface area contributed by atoms with E-state index in [0.29, 0.717) is 11.3 Å². The van der Waals surface area contributed by atoms with Crippen LogP contribution in [0.2, 0.25) is 0 Å². The summed E-state index contributed by atoms with van der Waals surface area (Å²) in [6.45, 7) is 7.66. The minimum absolute atomic E-state index is 0.0184. The highest BCUT2D eigenvalue weighted by Gasteiger charge is 2.43. The van der Waals surface area contributed by atoms with E-state index in [0.717, 1.165) is 5.56 Å². The van der Waals surface area contributed by atoms with E-state index >= 15 is 0 Å². The van der Waals surface area contributed by atoms with Crippen LogP contribution in [0.3, 0.4) is 0 Å². The molecule has 0 saturated carbocycles. The molecule has 1 aromatic rings. The molecule has 0 radical (unpaired) electrons. The molecule has 22 heavy (non-hydrogen) atoms. The van der Waals surface area contributed by atoms with E-state index in [1.165, 1.54) is 0 Å². The molecule has 0 aromatic heterocycles. The lowest BCUT2D eigenvalue weighted by molar-refractivity contribution is -0.0686. The Kier molecular flexibility index (Phi) is 4.76. The molecule has 1 aliphatic rings. The number of nitrogens with one attached hydrogen (secondary N) is 1. The van der Waals surface area contributed by atoms with Crippen LogP contribution in [-0.2, 0) is 0 Å². The summed E-state index contributed by atoms with van der Waals surface area (Å²) in [6.07, 6.45) is -0.790. The van der Waals surface area contributed by atoms with Gasteiger partial charge in [0.15, 0.2) is 0 Å². The summed E-state index contributed by atoms with van der Waals surface area (Å²) in [6, 6.07) is 6.77. The Labute approximate surface area is 131 Å². The molecule has 5 nitrogen and oxygen atoms in total. The molecule has 1 aromatic carbocycles. The monoisotopic (exact) mass is 304 g/mol. The van der Waals surface area contributed by atoms with Crippen LogP contribution in [0.4, 0.5) is 0 Å². The third-order valence-corrected chi connectivity index (χ3v) is 4.27. The fraction of sp³-hybridized carbons (Fsp3) is 0.588. The summed E-state index contributed by atoms with van der Waals surface area (Å²) in [5.41, 5.74) is 0.520. The quantitative estimate of drug-likeness (QED) is 0.789. The Bertz CT molecular complexity index is 578. The minimum Gasteiger partial charge on any atom is -0.485 e. The topological polar surface area (TPSA) is 85.5 Å². The first kappa shape index (κ1) is 16.8. The second kappa shape index (κ2) is 6.25. The Morgan fingerprint density at radius 3 is 2.64 bits per heavy atom. The van der Waals surface area contributed by atoms with E-state index < -0.39 is 17.7 Å². The molecule has 3 N–H and O–H groups in total. The van der Waals surface area contributed by atoms with Gasteiger partial charge in [-0.05, 0) is 38.0 Å². The standard InChI is InChI=1S/C17H24N2O3/c1-10(2)13(9-20)19-15-12-7-11(8-18)5-6-14(12)22-17(3,4)16(15)21/h5-7,10,13,15-16,19-21H,9H2,1-4H3/t13-,15-,16+/m1/s1. The third-order valence-electron chi connectivity index (χ3n) is 4.27. The van der Waals surface area contributed by atoms with Crippen molar-refractivity contribution in [2.45, 2.75) is 51.5 Å². The van der Waals surface area contributed by atoms with Crippen LogP contribution in [0, 0.1) is 17.2 Å². The van der Waals surface area contributed by atoms with E-state index in [1.54, 1.807) is 18.2 Å². The third kappa shape index (κ3) is 3.09. The maximum atomic E-state index is 10.7. The summed E-state index contributed by atoms with van der Waals surface area (Å²) in [5.74, 6) is 0.873. The van der Waals surface area contributed by atoms with E-state index in [-0.39, 0.29) is 18.6 Å². The predicted molar refractivity (Wildman–Crippen MR) is 83.5 cm³/mol. The number of hydrogen-bond donors (Lipinski definition) is 3. The van der Waals surface area contributed by atoms with Gasteiger partial charge in [-0.2, -0.15) is 5.26 Å². The number of nitriles is 1. The zero-order chi connectivity index (χ0) is 16.5. The Balaban J connectivity index is 2.44. The molecule has 0 unspecified atom stereocenters. The molecule has 3 atom stereocenters. The fourth-order valence-corrected chi connectivity index (χ4v) is 2.74. The second-order valence-electron chi connectivity index (χ2n) is 6.69. The Hall–Kier alpha value is -1.61. The van der Waals surface area contributed by atoms with Gasteiger partial charge in [-0.15, -0.1) is 0 Å².